The third kappa shape index (κ3) is 6.46. The van der Waals surface area contributed by atoms with E-state index in [9.17, 15) is 5.11 Å². The first kappa shape index (κ1) is 17.3. The molecule has 0 aliphatic carbocycles. The van der Waals surface area contributed by atoms with Crippen LogP contribution in [-0.2, 0) is 0 Å². The second kappa shape index (κ2) is 7.85. The summed E-state index contributed by atoms with van der Waals surface area (Å²) in [5.41, 5.74) is 5.42. The SMILES string of the molecule is CCN(CCOc1ccc(C(N)=NO)cc1)CC(C)(C)O. The second-order valence-electron chi connectivity index (χ2n) is 5.54. The maximum absolute atomic E-state index is 9.82. The van der Waals surface area contributed by atoms with E-state index >= 15 is 0 Å². The third-order valence-electron chi connectivity index (χ3n) is 2.99. The van der Waals surface area contributed by atoms with Crippen molar-refractivity contribution in [3.8, 4) is 5.75 Å². The number of benzene rings is 1. The van der Waals surface area contributed by atoms with Gasteiger partial charge in [-0.3, -0.25) is 4.90 Å². The molecule has 6 heteroatoms. The Balaban J connectivity index is 2.45. The Hall–Kier alpha value is -1.79. The first-order valence-corrected chi connectivity index (χ1v) is 7.01. The van der Waals surface area contributed by atoms with Gasteiger partial charge in [0.05, 0.1) is 5.60 Å². The molecule has 21 heavy (non-hydrogen) atoms. The number of aliphatic hydroxyl groups is 1. The van der Waals surface area contributed by atoms with Crippen LogP contribution < -0.4 is 10.5 Å². The molecule has 0 saturated heterocycles. The number of hydrogen-bond donors (Lipinski definition) is 3. The minimum absolute atomic E-state index is 0.0730. The second-order valence-corrected chi connectivity index (χ2v) is 5.54. The van der Waals surface area contributed by atoms with Crippen molar-refractivity contribution >= 4 is 5.84 Å². The van der Waals surface area contributed by atoms with Crippen LogP contribution >= 0.6 is 0 Å². The maximum Gasteiger partial charge on any atom is 0.170 e. The van der Waals surface area contributed by atoms with Crippen LogP contribution in [0.3, 0.4) is 0 Å². The molecule has 118 valence electrons. The molecule has 4 N–H and O–H groups in total. The summed E-state index contributed by atoms with van der Waals surface area (Å²) in [6, 6.07) is 7.02. The smallest absolute Gasteiger partial charge is 0.170 e. The monoisotopic (exact) mass is 295 g/mol. The van der Waals surface area contributed by atoms with Gasteiger partial charge in [0.15, 0.2) is 5.84 Å². The topological polar surface area (TPSA) is 91.3 Å². The highest BCUT2D eigenvalue weighted by atomic mass is 16.5. The summed E-state index contributed by atoms with van der Waals surface area (Å²) in [4.78, 5) is 2.13. The number of rotatable bonds is 8. The van der Waals surface area contributed by atoms with Crippen LogP contribution in [0.1, 0.15) is 26.3 Å². The quantitative estimate of drug-likeness (QED) is 0.291. The number of likely N-dealkylation sites (N-methyl/N-ethyl adjacent to an activating group) is 1. The van der Waals surface area contributed by atoms with Gasteiger partial charge in [0, 0.05) is 18.7 Å². The number of oxime groups is 1. The van der Waals surface area contributed by atoms with Gasteiger partial charge in [-0.15, -0.1) is 0 Å². The zero-order chi connectivity index (χ0) is 15.9. The molecule has 1 aromatic rings. The molecule has 0 unspecified atom stereocenters. The van der Waals surface area contributed by atoms with E-state index in [2.05, 4.69) is 17.0 Å². The fourth-order valence-electron chi connectivity index (χ4n) is 1.97. The first-order chi connectivity index (χ1) is 9.85. The van der Waals surface area contributed by atoms with Crippen LogP contribution in [0.2, 0.25) is 0 Å². The fraction of sp³-hybridized carbons (Fsp3) is 0.533. The van der Waals surface area contributed by atoms with Gasteiger partial charge in [0.25, 0.3) is 0 Å². The molecular formula is C15H25N3O3. The molecule has 0 amide bonds. The standard InChI is InChI=1S/C15H25N3O3/c1-4-18(11-15(2,3)19)9-10-21-13-7-5-12(6-8-13)14(16)17-20/h5-8,19-20H,4,9-11H2,1-3H3,(H2,16,17). The zero-order valence-electron chi connectivity index (χ0n) is 12.9. The summed E-state index contributed by atoms with van der Waals surface area (Å²) in [5, 5.41) is 21.3. The van der Waals surface area contributed by atoms with Crippen molar-refractivity contribution in [3.63, 3.8) is 0 Å². The van der Waals surface area contributed by atoms with Crippen molar-refractivity contribution in [1.82, 2.24) is 4.90 Å². The van der Waals surface area contributed by atoms with Crippen LogP contribution in [-0.4, -0.2) is 52.9 Å². The van der Waals surface area contributed by atoms with E-state index in [1.807, 2.05) is 0 Å². The average Bonchev–Trinajstić information content (AvgIpc) is 2.44. The number of hydrogen-bond acceptors (Lipinski definition) is 5. The van der Waals surface area contributed by atoms with Gasteiger partial charge in [-0.25, -0.2) is 0 Å². The molecule has 0 atom stereocenters. The summed E-state index contributed by atoms with van der Waals surface area (Å²) in [5.74, 6) is 0.799. The molecule has 0 radical (unpaired) electrons. The highest BCUT2D eigenvalue weighted by molar-refractivity contribution is 5.97. The Morgan fingerprint density at radius 2 is 1.95 bits per heavy atom. The Morgan fingerprint density at radius 1 is 1.33 bits per heavy atom. The van der Waals surface area contributed by atoms with Gasteiger partial charge in [-0.05, 0) is 44.7 Å². The Labute approximate surface area is 125 Å². The highest BCUT2D eigenvalue weighted by Crippen LogP contribution is 2.12. The van der Waals surface area contributed by atoms with E-state index in [4.69, 9.17) is 15.7 Å². The summed E-state index contributed by atoms with van der Waals surface area (Å²) in [6.45, 7) is 8.38. The normalized spacial score (nSPS) is 12.7. The number of nitrogens with two attached hydrogens (primary N) is 1. The van der Waals surface area contributed by atoms with Gasteiger partial charge >= 0.3 is 0 Å². The van der Waals surface area contributed by atoms with Gasteiger partial charge in [0.2, 0.25) is 0 Å². The van der Waals surface area contributed by atoms with Crippen LogP contribution in [0.4, 0.5) is 0 Å². The molecule has 0 bridgehead atoms. The molecule has 0 fully saturated rings. The van der Waals surface area contributed by atoms with Crippen LogP contribution in [0.15, 0.2) is 29.4 Å². The predicted molar refractivity (Wildman–Crippen MR) is 82.9 cm³/mol. The van der Waals surface area contributed by atoms with E-state index in [0.29, 0.717) is 18.7 Å². The average molecular weight is 295 g/mol. The number of amidine groups is 1. The summed E-state index contributed by atoms with van der Waals surface area (Å²) < 4.78 is 5.65. The Kier molecular flexibility index (Phi) is 6.45. The zero-order valence-corrected chi connectivity index (χ0v) is 12.9. The van der Waals surface area contributed by atoms with E-state index in [-0.39, 0.29) is 5.84 Å². The first-order valence-electron chi connectivity index (χ1n) is 7.01. The van der Waals surface area contributed by atoms with Crippen LogP contribution in [0, 0.1) is 0 Å². The molecule has 1 rings (SSSR count). The molecule has 0 aliphatic rings. The lowest BCUT2D eigenvalue weighted by molar-refractivity contribution is 0.0340. The fourth-order valence-corrected chi connectivity index (χ4v) is 1.97. The minimum Gasteiger partial charge on any atom is -0.492 e. The lowest BCUT2D eigenvalue weighted by Gasteiger charge is -2.27. The lowest BCUT2D eigenvalue weighted by Crippen LogP contribution is -2.40. The molecule has 0 heterocycles. The Morgan fingerprint density at radius 3 is 2.43 bits per heavy atom. The van der Waals surface area contributed by atoms with Crippen molar-refractivity contribution < 1.29 is 15.1 Å². The van der Waals surface area contributed by atoms with Gasteiger partial charge in [-0.1, -0.05) is 12.1 Å². The van der Waals surface area contributed by atoms with E-state index in [1.165, 1.54) is 0 Å². The largest absolute Gasteiger partial charge is 0.492 e. The lowest BCUT2D eigenvalue weighted by atomic mass is 10.1. The van der Waals surface area contributed by atoms with Gasteiger partial charge < -0.3 is 20.8 Å². The van der Waals surface area contributed by atoms with Crippen LogP contribution in [0.25, 0.3) is 0 Å². The van der Waals surface area contributed by atoms with E-state index < -0.39 is 5.60 Å². The summed E-state index contributed by atoms with van der Waals surface area (Å²) in [7, 11) is 0. The van der Waals surface area contributed by atoms with Gasteiger partial charge in [0.1, 0.15) is 12.4 Å². The molecular weight excluding hydrogens is 270 g/mol. The predicted octanol–water partition coefficient (Wildman–Crippen LogP) is 1.25. The third-order valence-corrected chi connectivity index (χ3v) is 2.99. The molecule has 0 aliphatic heterocycles. The molecule has 0 spiro atoms. The number of nitrogens with zero attached hydrogens (tertiary/aromatic N) is 2. The highest BCUT2D eigenvalue weighted by Gasteiger charge is 2.16. The molecule has 0 saturated carbocycles. The van der Waals surface area contributed by atoms with E-state index in [0.717, 1.165) is 18.8 Å². The van der Waals surface area contributed by atoms with Crippen molar-refractivity contribution in [1.29, 1.82) is 0 Å². The Bertz CT molecular complexity index is 452. The molecule has 6 nitrogen and oxygen atoms in total. The van der Waals surface area contributed by atoms with Crippen molar-refractivity contribution in [3.05, 3.63) is 29.8 Å². The van der Waals surface area contributed by atoms with Crippen molar-refractivity contribution in [2.75, 3.05) is 26.2 Å². The van der Waals surface area contributed by atoms with Crippen molar-refractivity contribution in [2.24, 2.45) is 10.9 Å². The maximum atomic E-state index is 9.82. The summed E-state index contributed by atoms with van der Waals surface area (Å²) in [6.07, 6.45) is 0. The van der Waals surface area contributed by atoms with Crippen molar-refractivity contribution in [2.45, 2.75) is 26.4 Å². The van der Waals surface area contributed by atoms with E-state index in [1.54, 1.807) is 38.1 Å². The number of ether oxygens (including phenoxy) is 1. The molecule has 1 aromatic carbocycles. The minimum atomic E-state index is -0.710. The molecule has 0 aromatic heterocycles. The van der Waals surface area contributed by atoms with Crippen LogP contribution in [0.5, 0.6) is 5.75 Å². The summed E-state index contributed by atoms with van der Waals surface area (Å²) >= 11 is 0. The van der Waals surface area contributed by atoms with Gasteiger partial charge in [-0.2, -0.15) is 0 Å².